The predicted molar refractivity (Wildman–Crippen MR) is 37.3 cm³/mol. The molecule has 56 valence electrons. The molecule has 1 atom stereocenters. The van der Waals surface area contributed by atoms with Crippen LogP contribution in [0, 0.1) is 6.57 Å². The number of hydrogen-bond donors (Lipinski definition) is 0. The Kier molecular flexibility index (Phi) is 3.48. The van der Waals surface area contributed by atoms with E-state index in [1.165, 1.54) is 6.92 Å². The molecule has 0 bridgehead atoms. The number of esters is 1. The monoisotopic (exact) mass is 141 g/mol. The SMILES string of the molecule is [C-]#[N+]C(C)C(=O)OC(C)C. The molecule has 3 heteroatoms. The highest BCUT2D eigenvalue weighted by Crippen LogP contribution is 1.96. The van der Waals surface area contributed by atoms with Gasteiger partial charge in [0, 0.05) is 6.92 Å². The Bertz CT molecular complexity index is 157. The summed E-state index contributed by atoms with van der Waals surface area (Å²) >= 11 is 0. The minimum Gasteiger partial charge on any atom is -0.457 e. The average molecular weight is 141 g/mol. The summed E-state index contributed by atoms with van der Waals surface area (Å²) in [6.07, 6.45) is -0.128. The Balaban J connectivity index is 3.76. The molecule has 0 saturated carbocycles. The molecule has 3 nitrogen and oxygen atoms in total. The topological polar surface area (TPSA) is 30.7 Å². The van der Waals surface area contributed by atoms with Crippen LogP contribution in [0.2, 0.25) is 0 Å². The quantitative estimate of drug-likeness (QED) is 0.428. The molecule has 0 saturated heterocycles. The van der Waals surface area contributed by atoms with Gasteiger partial charge in [0.2, 0.25) is 0 Å². The first-order chi connectivity index (χ1) is 4.57. The summed E-state index contributed by atoms with van der Waals surface area (Å²) in [6.45, 7) is 11.6. The standard InChI is InChI=1S/C7H11NO2/c1-5(2)10-7(9)6(3)8-4/h5-6H,1-3H3. The van der Waals surface area contributed by atoms with Crippen LogP contribution in [0.4, 0.5) is 0 Å². The number of rotatable bonds is 2. The van der Waals surface area contributed by atoms with Gasteiger partial charge in [0.1, 0.15) is 0 Å². The molecule has 0 fully saturated rings. The summed E-state index contributed by atoms with van der Waals surface area (Å²) in [5.41, 5.74) is 0. The third-order valence-electron chi connectivity index (χ3n) is 0.887. The number of ether oxygens (including phenoxy) is 1. The molecule has 0 aliphatic rings. The van der Waals surface area contributed by atoms with E-state index in [2.05, 4.69) is 4.85 Å². The normalized spacial score (nSPS) is 12.3. The molecule has 0 spiro atoms. The third-order valence-corrected chi connectivity index (χ3v) is 0.887. The maximum Gasteiger partial charge on any atom is 0.390 e. The zero-order valence-corrected chi connectivity index (χ0v) is 6.42. The van der Waals surface area contributed by atoms with E-state index in [4.69, 9.17) is 11.3 Å². The molecule has 0 aromatic rings. The van der Waals surface area contributed by atoms with E-state index in [0.717, 1.165) is 0 Å². The van der Waals surface area contributed by atoms with E-state index < -0.39 is 12.0 Å². The lowest BCUT2D eigenvalue weighted by Gasteiger charge is -2.05. The van der Waals surface area contributed by atoms with Gasteiger partial charge >= 0.3 is 12.0 Å². The molecule has 0 aromatic carbocycles. The molecule has 0 amide bonds. The highest BCUT2D eigenvalue weighted by atomic mass is 16.5. The van der Waals surface area contributed by atoms with Crippen molar-refractivity contribution in [2.45, 2.75) is 32.9 Å². The van der Waals surface area contributed by atoms with E-state index in [9.17, 15) is 4.79 Å². The fraction of sp³-hybridized carbons (Fsp3) is 0.714. The molecule has 0 aliphatic heterocycles. The third kappa shape index (κ3) is 3.08. The van der Waals surface area contributed by atoms with Gasteiger partial charge in [-0.1, -0.05) is 0 Å². The van der Waals surface area contributed by atoms with Gasteiger partial charge in [-0.3, -0.25) is 0 Å². The van der Waals surface area contributed by atoms with Crippen LogP contribution in [0.3, 0.4) is 0 Å². The van der Waals surface area contributed by atoms with Crippen molar-refractivity contribution in [3.63, 3.8) is 0 Å². The van der Waals surface area contributed by atoms with Crippen molar-refractivity contribution in [1.82, 2.24) is 0 Å². The number of carbonyl (C=O) groups is 1. The fourth-order valence-corrected chi connectivity index (χ4v) is 0.383. The Morgan fingerprint density at radius 1 is 1.50 bits per heavy atom. The van der Waals surface area contributed by atoms with Gasteiger partial charge in [0.05, 0.1) is 6.10 Å². The summed E-state index contributed by atoms with van der Waals surface area (Å²) in [7, 11) is 0. The molecule has 0 aromatic heterocycles. The number of hydrogen-bond acceptors (Lipinski definition) is 2. The van der Waals surface area contributed by atoms with Crippen LogP contribution in [-0.2, 0) is 9.53 Å². The van der Waals surface area contributed by atoms with Crippen molar-refractivity contribution in [2.24, 2.45) is 0 Å². The molecule has 0 heterocycles. The fourth-order valence-electron chi connectivity index (χ4n) is 0.383. The van der Waals surface area contributed by atoms with E-state index in [1.807, 2.05) is 0 Å². The van der Waals surface area contributed by atoms with E-state index in [-0.39, 0.29) is 6.10 Å². The van der Waals surface area contributed by atoms with E-state index >= 15 is 0 Å². The molecule has 10 heavy (non-hydrogen) atoms. The van der Waals surface area contributed by atoms with Crippen molar-refractivity contribution in [2.75, 3.05) is 0 Å². The molecule has 0 aliphatic carbocycles. The Morgan fingerprint density at radius 3 is 2.30 bits per heavy atom. The molecular weight excluding hydrogens is 130 g/mol. The Morgan fingerprint density at radius 2 is 2.00 bits per heavy atom. The van der Waals surface area contributed by atoms with Gasteiger partial charge < -0.3 is 9.58 Å². The van der Waals surface area contributed by atoms with Crippen molar-refractivity contribution < 1.29 is 9.53 Å². The minimum atomic E-state index is -0.664. The van der Waals surface area contributed by atoms with Gasteiger partial charge in [-0.2, -0.15) is 0 Å². The van der Waals surface area contributed by atoms with Crippen LogP contribution in [0.25, 0.3) is 4.85 Å². The summed E-state index contributed by atoms with van der Waals surface area (Å²) in [5, 5.41) is 0. The van der Waals surface area contributed by atoms with Crippen molar-refractivity contribution in [3.05, 3.63) is 11.4 Å². The summed E-state index contributed by atoms with van der Waals surface area (Å²) in [5.74, 6) is -0.440. The summed E-state index contributed by atoms with van der Waals surface area (Å²) in [6, 6.07) is -0.664. The maximum absolute atomic E-state index is 10.7. The van der Waals surface area contributed by atoms with Crippen LogP contribution in [0.15, 0.2) is 0 Å². The van der Waals surface area contributed by atoms with Crippen molar-refractivity contribution in [3.8, 4) is 0 Å². The predicted octanol–water partition coefficient (Wildman–Crippen LogP) is 1.25. The summed E-state index contributed by atoms with van der Waals surface area (Å²) in [4.78, 5) is 13.8. The summed E-state index contributed by atoms with van der Waals surface area (Å²) < 4.78 is 4.75. The zero-order chi connectivity index (χ0) is 8.15. The van der Waals surface area contributed by atoms with Crippen LogP contribution < -0.4 is 0 Å². The average Bonchev–Trinajstić information content (AvgIpc) is 1.85. The van der Waals surface area contributed by atoms with Crippen molar-refractivity contribution in [1.29, 1.82) is 0 Å². The molecule has 0 rings (SSSR count). The van der Waals surface area contributed by atoms with Crippen LogP contribution in [0.5, 0.6) is 0 Å². The second-order valence-electron chi connectivity index (χ2n) is 2.29. The largest absolute Gasteiger partial charge is 0.457 e. The Hall–Kier alpha value is -1.04. The van der Waals surface area contributed by atoms with Crippen molar-refractivity contribution >= 4 is 5.97 Å². The molecule has 0 radical (unpaired) electrons. The number of nitrogens with zero attached hydrogens (tertiary/aromatic N) is 1. The Labute approximate surface area is 60.8 Å². The zero-order valence-electron chi connectivity index (χ0n) is 6.42. The van der Waals surface area contributed by atoms with Gasteiger partial charge in [0.15, 0.2) is 0 Å². The van der Waals surface area contributed by atoms with E-state index in [1.54, 1.807) is 13.8 Å². The number of carbonyl (C=O) groups excluding carboxylic acids is 1. The van der Waals surface area contributed by atoms with Gasteiger partial charge in [0.25, 0.3) is 0 Å². The lowest BCUT2D eigenvalue weighted by Crippen LogP contribution is -2.20. The molecule has 0 N–H and O–H groups in total. The first kappa shape index (κ1) is 8.96. The highest BCUT2D eigenvalue weighted by Gasteiger charge is 2.18. The van der Waals surface area contributed by atoms with E-state index in [0.29, 0.717) is 0 Å². The second-order valence-corrected chi connectivity index (χ2v) is 2.29. The smallest absolute Gasteiger partial charge is 0.390 e. The molecule has 1 unspecified atom stereocenters. The lowest BCUT2D eigenvalue weighted by molar-refractivity contribution is -0.147. The molecular formula is C7H11NO2. The van der Waals surface area contributed by atoms with Gasteiger partial charge in [-0.05, 0) is 13.8 Å². The highest BCUT2D eigenvalue weighted by molar-refractivity contribution is 5.77. The maximum atomic E-state index is 10.7. The first-order valence-electron chi connectivity index (χ1n) is 3.15. The second kappa shape index (κ2) is 3.89. The first-order valence-corrected chi connectivity index (χ1v) is 3.15. The van der Waals surface area contributed by atoms with Crippen LogP contribution >= 0.6 is 0 Å². The van der Waals surface area contributed by atoms with Crippen LogP contribution in [-0.4, -0.2) is 18.1 Å². The van der Waals surface area contributed by atoms with Gasteiger partial charge in [-0.25, -0.2) is 11.4 Å². The van der Waals surface area contributed by atoms with Crippen LogP contribution in [0.1, 0.15) is 20.8 Å². The lowest BCUT2D eigenvalue weighted by atomic mass is 10.3. The van der Waals surface area contributed by atoms with Gasteiger partial charge in [-0.15, -0.1) is 0 Å². The minimum absolute atomic E-state index is 0.128.